The highest BCUT2D eigenvalue weighted by Gasteiger charge is 2.46. The third-order valence-corrected chi connectivity index (χ3v) is 5.86. The van der Waals surface area contributed by atoms with Crippen molar-refractivity contribution >= 4 is 5.82 Å². The fraction of sp³-hybridized carbons (Fsp3) is 0.789. The van der Waals surface area contributed by atoms with E-state index in [1.807, 2.05) is 13.8 Å². The van der Waals surface area contributed by atoms with Crippen molar-refractivity contribution in [3.05, 3.63) is 18.1 Å². The molecule has 2 aliphatic heterocycles. The Balaban J connectivity index is 1.52. The van der Waals surface area contributed by atoms with Crippen LogP contribution in [0.2, 0.25) is 0 Å². The van der Waals surface area contributed by atoms with Crippen molar-refractivity contribution in [3.63, 3.8) is 0 Å². The van der Waals surface area contributed by atoms with E-state index in [-0.39, 0.29) is 36.3 Å². The molecule has 8 heteroatoms. The third-order valence-electron chi connectivity index (χ3n) is 5.86. The smallest absolute Gasteiger partial charge is 0.132 e. The minimum atomic E-state index is -0.933. The van der Waals surface area contributed by atoms with E-state index in [0.717, 1.165) is 18.1 Å². The maximum Gasteiger partial charge on any atom is 0.132 e. The number of halogens is 1. The van der Waals surface area contributed by atoms with E-state index in [4.69, 9.17) is 9.47 Å². The zero-order valence-corrected chi connectivity index (χ0v) is 16.3. The Labute approximate surface area is 160 Å². The van der Waals surface area contributed by atoms with Gasteiger partial charge >= 0.3 is 0 Å². The lowest BCUT2D eigenvalue weighted by Crippen LogP contribution is -2.45. The van der Waals surface area contributed by atoms with Crippen molar-refractivity contribution in [2.24, 2.45) is 5.92 Å². The summed E-state index contributed by atoms with van der Waals surface area (Å²) < 4.78 is 25.9. The van der Waals surface area contributed by atoms with Crippen LogP contribution in [0, 0.1) is 5.92 Å². The largest absolute Gasteiger partial charge is 0.377 e. The third kappa shape index (κ3) is 3.94. The summed E-state index contributed by atoms with van der Waals surface area (Å²) in [5, 5.41) is 0. The van der Waals surface area contributed by atoms with E-state index in [0.29, 0.717) is 26.1 Å². The molecule has 1 saturated carbocycles. The number of nitrogens with one attached hydrogen (secondary N) is 2. The van der Waals surface area contributed by atoms with Crippen LogP contribution in [0.1, 0.15) is 45.3 Å². The summed E-state index contributed by atoms with van der Waals surface area (Å²) in [7, 11) is 0. The van der Waals surface area contributed by atoms with Gasteiger partial charge in [0.25, 0.3) is 0 Å². The van der Waals surface area contributed by atoms with Gasteiger partial charge in [0.2, 0.25) is 0 Å². The second kappa shape index (κ2) is 7.95. The Morgan fingerprint density at radius 2 is 2.15 bits per heavy atom. The molecule has 150 valence electrons. The first-order valence-corrected chi connectivity index (χ1v) is 10.00. The monoisotopic (exact) mass is 379 g/mol. The average molecular weight is 379 g/mol. The molecule has 0 amide bonds. The number of fused-ring (bicyclic) bond motifs is 1. The van der Waals surface area contributed by atoms with Crippen LogP contribution in [0.5, 0.6) is 0 Å². The van der Waals surface area contributed by atoms with Crippen molar-refractivity contribution in [2.45, 2.75) is 70.1 Å². The molecule has 4 rings (SSSR count). The SMILES string of the molecule is CC(C)OC1CC2C(CC1F)NNC2c1cc(N2CCOCC2C)ncn1. The second-order valence-corrected chi connectivity index (χ2v) is 8.17. The lowest BCUT2D eigenvalue weighted by atomic mass is 9.78. The predicted octanol–water partition coefficient (Wildman–Crippen LogP) is 1.76. The highest BCUT2D eigenvalue weighted by atomic mass is 19.1. The van der Waals surface area contributed by atoms with Gasteiger partial charge in [0, 0.05) is 24.6 Å². The van der Waals surface area contributed by atoms with E-state index >= 15 is 0 Å². The van der Waals surface area contributed by atoms with Crippen LogP contribution in [0.15, 0.2) is 12.4 Å². The number of ether oxygens (including phenoxy) is 2. The van der Waals surface area contributed by atoms with Crippen LogP contribution in [-0.4, -0.2) is 60.2 Å². The standard InChI is InChI=1S/C19H30FN5O2/c1-11(2)27-17-6-13-15(7-14(17)20)23-24-19(13)16-8-18(22-10-21-16)25-4-5-26-9-12(25)3/h8,10-15,17,19,23-24H,4-7,9H2,1-3H3. The zero-order chi connectivity index (χ0) is 19.0. The number of hydrazine groups is 1. The summed E-state index contributed by atoms with van der Waals surface area (Å²) in [6, 6.07) is 2.47. The molecular weight excluding hydrogens is 349 g/mol. The molecule has 2 saturated heterocycles. The van der Waals surface area contributed by atoms with E-state index < -0.39 is 6.17 Å². The van der Waals surface area contributed by atoms with Crippen LogP contribution in [0.3, 0.4) is 0 Å². The lowest BCUT2D eigenvalue weighted by molar-refractivity contribution is -0.0708. The van der Waals surface area contributed by atoms with E-state index in [2.05, 4.69) is 38.7 Å². The summed E-state index contributed by atoms with van der Waals surface area (Å²) in [6.07, 6.45) is 1.52. The summed E-state index contributed by atoms with van der Waals surface area (Å²) in [4.78, 5) is 11.3. The molecule has 3 heterocycles. The van der Waals surface area contributed by atoms with Gasteiger partial charge in [-0.05, 0) is 33.6 Å². The van der Waals surface area contributed by atoms with E-state index in [1.54, 1.807) is 6.33 Å². The fourth-order valence-electron chi connectivity index (χ4n) is 4.53. The van der Waals surface area contributed by atoms with Crippen LogP contribution in [-0.2, 0) is 9.47 Å². The molecule has 1 aliphatic carbocycles. The summed E-state index contributed by atoms with van der Waals surface area (Å²) in [5.41, 5.74) is 7.57. The van der Waals surface area contributed by atoms with Crippen LogP contribution in [0.25, 0.3) is 0 Å². The highest BCUT2D eigenvalue weighted by Crippen LogP contribution is 2.40. The van der Waals surface area contributed by atoms with Crippen LogP contribution < -0.4 is 15.8 Å². The maximum atomic E-state index is 14.5. The van der Waals surface area contributed by atoms with Crippen molar-refractivity contribution < 1.29 is 13.9 Å². The van der Waals surface area contributed by atoms with Gasteiger partial charge in [-0.15, -0.1) is 0 Å². The van der Waals surface area contributed by atoms with Crippen LogP contribution >= 0.6 is 0 Å². The fourth-order valence-corrected chi connectivity index (χ4v) is 4.53. The number of aromatic nitrogens is 2. The van der Waals surface area contributed by atoms with E-state index in [1.165, 1.54) is 0 Å². The van der Waals surface area contributed by atoms with Gasteiger partial charge in [-0.25, -0.2) is 19.8 Å². The van der Waals surface area contributed by atoms with Crippen molar-refractivity contribution in [1.82, 2.24) is 20.8 Å². The highest BCUT2D eigenvalue weighted by molar-refractivity contribution is 5.41. The summed E-state index contributed by atoms with van der Waals surface area (Å²) in [6.45, 7) is 8.31. The molecule has 0 aromatic carbocycles. The second-order valence-electron chi connectivity index (χ2n) is 8.17. The molecule has 3 aliphatic rings. The molecule has 27 heavy (non-hydrogen) atoms. The minimum Gasteiger partial charge on any atom is -0.377 e. The number of anilines is 1. The topological polar surface area (TPSA) is 71.5 Å². The quantitative estimate of drug-likeness (QED) is 0.826. The Bertz CT molecular complexity index is 648. The first-order chi connectivity index (χ1) is 13.0. The van der Waals surface area contributed by atoms with Gasteiger partial charge < -0.3 is 14.4 Å². The molecular formula is C19H30FN5O2. The normalized spacial score (nSPS) is 36.9. The lowest BCUT2D eigenvalue weighted by Gasteiger charge is -2.36. The molecule has 7 nitrogen and oxygen atoms in total. The first-order valence-electron chi connectivity index (χ1n) is 10.00. The molecule has 1 aromatic heterocycles. The number of morpholine rings is 1. The molecule has 3 fully saturated rings. The van der Waals surface area contributed by atoms with E-state index in [9.17, 15) is 4.39 Å². The van der Waals surface area contributed by atoms with Gasteiger partial charge in [0.05, 0.1) is 43.2 Å². The molecule has 0 bridgehead atoms. The van der Waals surface area contributed by atoms with Gasteiger partial charge in [0.1, 0.15) is 18.3 Å². The van der Waals surface area contributed by atoms with Gasteiger partial charge in [0.15, 0.2) is 0 Å². The number of hydrogen-bond acceptors (Lipinski definition) is 7. The van der Waals surface area contributed by atoms with Crippen molar-refractivity contribution in [1.29, 1.82) is 0 Å². The van der Waals surface area contributed by atoms with Gasteiger partial charge in [-0.1, -0.05) is 0 Å². The number of nitrogens with zero attached hydrogens (tertiary/aromatic N) is 3. The zero-order valence-electron chi connectivity index (χ0n) is 16.3. The van der Waals surface area contributed by atoms with Crippen molar-refractivity contribution in [2.75, 3.05) is 24.7 Å². The number of hydrogen-bond donors (Lipinski definition) is 2. The molecule has 6 unspecified atom stereocenters. The average Bonchev–Trinajstić information content (AvgIpc) is 3.05. The summed E-state index contributed by atoms with van der Waals surface area (Å²) in [5.74, 6) is 1.17. The van der Waals surface area contributed by atoms with Gasteiger partial charge in [-0.3, -0.25) is 5.43 Å². The molecule has 1 aromatic rings. The molecule has 2 N–H and O–H groups in total. The van der Waals surface area contributed by atoms with Crippen LogP contribution in [0.4, 0.5) is 10.2 Å². The Kier molecular flexibility index (Phi) is 5.59. The molecule has 0 spiro atoms. The molecule has 6 atom stereocenters. The Hall–Kier alpha value is -1.35. The number of rotatable bonds is 4. The predicted molar refractivity (Wildman–Crippen MR) is 100 cm³/mol. The Morgan fingerprint density at radius 3 is 2.93 bits per heavy atom. The first kappa shape index (κ1) is 19.0. The maximum absolute atomic E-state index is 14.5. The molecule has 0 radical (unpaired) electrons. The summed E-state index contributed by atoms with van der Waals surface area (Å²) >= 11 is 0. The van der Waals surface area contributed by atoms with Crippen molar-refractivity contribution in [3.8, 4) is 0 Å². The van der Waals surface area contributed by atoms with Gasteiger partial charge in [-0.2, -0.15) is 0 Å². The minimum absolute atomic E-state index is 0.0267. The number of alkyl halides is 1. The Morgan fingerprint density at radius 1 is 1.30 bits per heavy atom.